The molecule has 0 fully saturated rings. The topological polar surface area (TPSA) is 29.3 Å². The molecule has 0 aliphatic rings. The van der Waals surface area contributed by atoms with Crippen LogP contribution in [-0.2, 0) is 6.54 Å². The van der Waals surface area contributed by atoms with Crippen LogP contribution in [0.4, 0.5) is 5.69 Å². The number of rotatable bonds is 5. The Kier molecular flexibility index (Phi) is 5.40. The van der Waals surface area contributed by atoms with E-state index in [4.69, 9.17) is 5.73 Å². The zero-order chi connectivity index (χ0) is 14.5. The van der Waals surface area contributed by atoms with Gasteiger partial charge in [-0.25, -0.2) is 0 Å². The molecule has 0 heterocycles. The number of hydrogen-bond donors (Lipinski definition) is 1. The fraction of sp³-hybridized carbons (Fsp3) is 0.250. The minimum atomic E-state index is 0.849. The average Bonchev–Trinajstić information content (AvgIpc) is 2.42. The van der Waals surface area contributed by atoms with Crippen molar-refractivity contribution in [2.75, 3.05) is 26.1 Å². The summed E-state index contributed by atoms with van der Waals surface area (Å²) in [4.78, 5) is 5.77. The second-order valence-corrected chi connectivity index (χ2v) is 6.81. The molecule has 0 spiro atoms. The quantitative estimate of drug-likeness (QED) is 0.662. The fourth-order valence-electron chi connectivity index (χ4n) is 1.94. The summed E-state index contributed by atoms with van der Waals surface area (Å²) in [6.45, 7) is 0.936. The molecule has 2 nitrogen and oxygen atoms in total. The summed E-state index contributed by atoms with van der Waals surface area (Å²) in [5.74, 6) is 0. The summed E-state index contributed by atoms with van der Waals surface area (Å²) in [6, 6.07) is 14.8. The molecule has 2 aromatic carbocycles. The second kappa shape index (κ2) is 7.07. The van der Waals surface area contributed by atoms with Crippen LogP contribution in [0.5, 0.6) is 0 Å². The number of benzene rings is 2. The highest BCUT2D eigenvalue weighted by molar-refractivity contribution is 7.99. The van der Waals surface area contributed by atoms with Crippen molar-refractivity contribution >= 4 is 29.2 Å². The van der Waals surface area contributed by atoms with Gasteiger partial charge in [-0.3, -0.25) is 0 Å². The number of nitrogens with two attached hydrogens (primary N) is 1. The van der Waals surface area contributed by atoms with Crippen molar-refractivity contribution in [3.05, 3.63) is 48.0 Å². The molecule has 0 bridgehead atoms. The van der Waals surface area contributed by atoms with E-state index in [1.165, 1.54) is 15.4 Å². The van der Waals surface area contributed by atoms with Crippen molar-refractivity contribution in [3.63, 3.8) is 0 Å². The van der Waals surface area contributed by atoms with Gasteiger partial charge in [0.05, 0.1) is 0 Å². The van der Waals surface area contributed by atoms with E-state index >= 15 is 0 Å². The molecule has 0 unspecified atom stereocenters. The summed E-state index contributed by atoms with van der Waals surface area (Å²) in [7, 11) is 4.17. The standard InChI is InChI=1S/C16H20N2S2/c1-18(2)11-12-6-4-5-7-15(12)20-16-9-8-13(19-3)10-14(16)17/h4-10H,11,17H2,1-3H3/i3-1. The highest BCUT2D eigenvalue weighted by atomic mass is 32.2. The van der Waals surface area contributed by atoms with E-state index in [1.807, 2.05) is 6.07 Å². The number of hydrogen-bond acceptors (Lipinski definition) is 4. The summed E-state index contributed by atoms with van der Waals surface area (Å²) in [6.07, 6.45) is 2.06. The monoisotopic (exact) mass is 303 g/mol. The average molecular weight is 303 g/mol. The lowest BCUT2D eigenvalue weighted by molar-refractivity contribution is 0.399. The third-order valence-electron chi connectivity index (χ3n) is 2.90. The lowest BCUT2D eigenvalue weighted by Gasteiger charge is -2.14. The van der Waals surface area contributed by atoms with Gasteiger partial charge in [0.1, 0.15) is 0 Å². The van der Waals surface area contributed by atoms with Crippen LogP contribution in [0.2, 0.25) is 0 Å². The maximum absolute atomic E-state index is 6.15. The minimum Gasteiger partial charge on any atom is -0.398 e. The van der Waals surface area contributed by atoms with Gasteiger partial charge in [0.2, 0.25) is 0 Å². The number of thioether (sulfide) groups is 1. The molecule has 2 N–H and O–H groups in total. The molecule has 20 heavy (non-hydrogen) atoms. The van der Waals surface area contributed by atoms with Crippen molar-refractivity contribution in [3.8, 4) is 0 Å². The largest absolute Gasteiger partial charge is 0.398 e. The van der Waals surface area contributed by atoms with Gasteiger partial charge < -0.3 is 10.6 Å². The van der Waals surface area contributed by atoms with Gasteiger partial charge in [-0.1, -0.05) is 30.0 Å². The van der Waals surface area contributed by atoms with Crippen LogP contribution in [0.3, 0.4) is 0 Å². The van der Waals surface area contributed by atoms with Crippen LogP contribution < -0.4 is 5.73 Å². The lowest BCUT2D eigenvalue weighted by atomic mass is 10.2. The third kappa shape index (κ3) is 3.95. The first-order valence-corrected chi connectivity index (χ1v) is 8.48. The molecule has 0 aliphatic heterocycles. The number of nitrogen functional groups attached to an aromatic ring is 1. The molecule has 0 aliphatic carbocycles. The fourth-order valence-corrected chi connectivity index (χ4v) is 3.35. The number of nitrogens with zero attached hydrogens (tertiary/aromatic N) is 1. The zero-order valence-electron chi connectivity index (χ0n) is 12.1. The predicted molar refractivity (Wildman–Crippen MR) is 90.6 cm³/mol. The van der Waals surface area contributed by atoms with Gasteiger partial charge in [0.15, 0.2) is 0 Å². The van der Waals surface area contributed by atoms with Gasteiger partial charge in [-0.15, -0.1) is 11.8 Å². The molecule has 2 aromatic rings. The normalized spacial score (nSPS) is 11.0. The Bertz CT molecular complexity index is 582. The third-order valence-corrected chi connectivity index (χ3v) is 4.83. The highest BCUT2D eigenvalue weighted by Crippen LogP contribution is 2.36. The Hall–Kier alpha value is -1.10. The Morgan fingerprint density at radius 2 is 1.80 bits per heavy atom. The Morgan fingerprint density at radius 1 is 1.05 bits per heavy atom. The van der Waals surface area contributed by atoms with Crippen LogP contribution in [0, 0.1) is 0 Å². The van der Waals surface area contributed by atoms with E-state index in [9.17, 15) is 0 Å². The van der Waals surface area contributed by atoms with Gasteiger partial charge in [-0.2, -0.15) is 0 Å². The molecule has 0 amide bonds. The van der Waals surface area contributed by atoms with E-state index in [0.717, 1.165) is 17.1 Å². The van der Waals surface area contributed by atoms with Crippen LogP contribution >= 0.6 is 23.5 Å². The first-order valence-electron chi connectivity index (χ1n) is 6.44. The molecule has 0 saturated carbocycles. The minimum absolute atomic E-state index is 0.849. The molecule has 4 heteroatoms. The van der Waals surface area contributed by atoms with Crippen molar-refractivity contribution < 1.29 is 0 Å². The van der Waals surface area contributed by atoms with Crippen LogP contribution in [-0.4, -0.2) is 25.3 Å². The molecular formula is C16H20N2S2. The smallest absolute Gasteiger partial charge is 0.0467 e. The molecule has 0 radical (unpaired) electrons. The second-order valence-electron chi connectivity index (χ2n) is 4.85. The summed E-state index contributed by atoms with van der Waals surface area (Å²) < 4.78 is 0. The van der Waals surface area contributed by atoms with Crippen molar-refractivity contribution in [2.45, 2.75) is 21.2 Å². The molecule has 106 valence electrons. The van der Waals surface area contributed by atoms with Crippen LogP contribution in [0.15, 0.2) is 57.2 Å². The summed E-state index contributed by atoms with van der Waals surface area (Å²) in [5, 5.41) is 0. The molecular weight excluding hydrogens is 283 g/mol. The lowest BCUT2D eigenvalue weighted by Crippen LogP contribution is -2.11. The predicted octanol–water partition coefficient (Wildman–Crippen LogP) is 4.20. The van der Waals surface area contributed by atoms with Gasteiger partial charge in [-0.05, 0) is 50.2 Å². The van der Waals surface area contributed by atoms with Crippen molar-refractivity contribution in [1.82, 2.24) is 4.90 Å². The Balaban J connectivity index is 2.26. The van der Waals surface area contributed by atoms with Gasteiger partial charge >= 0.3 is 0 Å². The summed E-state index contributed by atoms with van der Waals surface area (Å²) in [5.41, 5.74) is 8.33. The van der Waals surface area contributed by atoms with Crippen LogP contribution in [0.25, 0.3) is 0 Å². The van der Waals surface area contributed by atoms with E-state index in [-0.39, 0.29) is 0 Å². The molecule has 0 aromatic heterocycles. The van der Waals surface area contributed by atoms with Crippen molar-refractivity contribution in [1.29, 1.82) is 0 Å². The van der Waals surface area contributed by atoms with E-state index in [1.54, 1.807) is 23.5 Å². The molecule has 0 atom stereocenters. The number of anilines is 1. The maximum Gasteiger partial charge on any atom is 0.0467 e. The molecule has 2 rings (SSSR count). The molecule has 0 saturated heterocycles. The first kappa shape index (κ1) is 15.3. The van der Waals surface area contributed by atoms with E-state index in [2.05, 4.69) is 61.6 Å². The Labute approximate surface area is 129 Å². The Morgan fingerprint density at radius 3 is 2.45 bits per heavy atom. The zero-order valence-corrected chi connectivity index (χ0v) is 13.7. The van der Waals surface area contributed by atoms with Crippen LogP contribution in [0.1, 0.15) is 5.56 Å². The highest BCUT2D eigenvalue weighted by Gasteiger charge is 2.07. The van der Waals surface area contributed by atoms with Gasteiger partial charge in [0, 0.05) is 26.9 Å². The SMILES string of the molecule is CN(C)Cc1ccccc1Sc1ccc(S[11CH3])cc1N. The summed E-state index contributed by atoms with van der Waals surface area (Å²) >= 11 is 3.45. The van der Waals surface area contributed by atoms with Gasteiger partial charge in [0.25, 0.3) is 0 Å². The first-order chi connectivity index (χ1) is 9.60. The van der Waals surface area contributed by atoms with E-state index in [0.29, 0.717) is 0 Å². The van der Waals surface area contributed by atoms with E-state index < -0.39 is 0 Å². The van der Waals surface area contributed by atoms with Crippen molar-refractivity contribution in [2.24, 2.45) is 0 Å². The maximum atomic E-state index is 6.15.